The Hall–Kier alpha value is -2.76. The number of carbonyl (C=O) groups is 2. The number of hydrogen-bond donors (Lipinski definition) is 4. The molecule has 132 valence electrons. The van der Waals surface area contributed by atoms with Gasteiger partial charge in [-0.2, -0.15) is 0 Å². The summed E-state index contributed by atoms with van der Waals surface area (Å²) in [5.41, 5.74) is 7.85. The zero-order chi connectivity index (χ0) is 18.0. The Kier molecular flexibility index (Phi) is 4.79. The van der Waals surface area contributed by atoms with Crippen molar-refractivity contribution >= 4 is 11.9 Å². The highest BCUT2D eigenvalue weighted by molar-refractivity contribution is 5.89. The van der Waals surface area contributed by atoms with Crippen LogP contribution in [-0.4, -0.2) is 34.7 Å². The molecule has 0 radical (unpaired) electrons. The van der Waals surface area contributed by atoms with E-state index in [4.69, 9.17) is 10.2 Å². The summed E-state index contributed by atoms with van der Waals surface area (Å²) in [6.45, 7) is 3.38. The average Bonchev–Trinajstić information content (AvgIpc) is 2.99. The van der Waals surface area contributed by atoms with Crippen molar-refractivity contribution in [1.29, 1.82) is 0 Å². The molecule has 0 fully saturated rings. The summed E-state index contributed by atoms with van der Waals surface area (Å²) < 4.78 is 0. The van der Waals surface area contributed by atoms with E-state index in [1.165, 1.54) is 25.0 Å². The van der Waals surface area contributed by atoms with Crippen LogP contribution in [0.25, 0.3) is 0 Å². The minimum atomic E-state index is -1.26. The lowest BCUT2D eigenvalue weighted by Gasteiger charge is -2.36. The molecule has 0 amide bonds. The van der Waals surface area contributed by atoms with E-state index in [0.717, 1.165) is 6.54 Å². The summed E-state index contributed by atoms with van der Waals surface area (Å²) in [5.74, 6) is -1.83. The van der Waals surface area contributed by atoms with Gasteiger partial charge in [-0.25, -0.2) is 9.59 Å². The molecule has 6 nitrogen and oxygen atoms in total. The highest BCUT2D eigenvalue weighted by Crippen LogP contribution is 2.46. The monoisotopic (exact) mass is 342 g/mol. The third-order valence-electron chi connectivity index (χ3n) is 4.97. The van der Waals surface area contributed by atoms with E-state index in [9.17, 15) is 9.59 Å². The maximum absolute atomic E-state index is 9.55. The number of hydrogen-bond acceptors (Lipinski definition) is 4. The first-order valence-corrected chi connectivity index (χ1v) is 8.43. The van der Waals surface area contributed by atoms with Gasteiger partial charge in [0.1, 0.15) is 0 Å². The molecule has 2 heterocycles. The van der Waals surface area contributed by atoms with Crippen LogP contribution in [0.5, 0.6) is 0 Å². The zero-order valence-corrected chi connectivity index (χ0v) is 14.1. The number of fused-ring (bicyclic) bond motifs is 1. The number of carboxylic acids is 2. The SMILES string of the molecule is CC1NC=CC2=C3CCC=C4NCC(=C43)CC21.O=C(O)/C=C\C(=O)O. The molecule has 4 rings (SSSR count). The molecule has 4 aliphatic rings. The molecule has 0 spiro atoms. The van der Waals surface area contributed by atoms with Crippen LogP contribution in [0.2, 0.25) is 0 Å². The van der Waals surface area contributed by atoms with E-state index in [1.54, 1.807) is 22.3 Å². The maximum atomic E-state index is 9.55. The topological polar surface area (TPSA) is 98.7 Å². The number of nitrogens with one attached hydrogen (secondary N) is 2. The van der Waals surface area contributed by atoms with E-state index in [2.05, 4.69) is 35.9 Å². The Bertz CT molecular complexity index is 739. The van der Waals surface area contributed by atoms with Gasteiger partial charge in [-0.1, -0.05) is 6.08 Å². The van der Waals surface area contributed by atoms with Gasteiger partial charge in [0.15, 0.2) is 0 Å². The lowest BCUT2D eigenvalue weighted by Crippen LogP contribution is -2.36. The third-order valence-corrected chi connectivity index (χ3v) is 4.97. The quantitative estimate of drug-likeness (QED) is 0.574. The molecule has 0 saturated carbocycles. The average molecular weight is 342 g/mol. The van der Waals surface area contributed by atoms with E-state index < -0.39 is 11.9 Å². The second-order valence-electron chi connectivity index (χ2n) is 6.53. The van der Waals surface area contributed by atoms with Crippen LogP contribution in [0.3, 0.4) is 0 Å². The second kappa shape index (κ2) is 7.01. The van der Waals surface area contributed by atoms with Gasteiger partial charge in [-0.3, -0.25) is 0 Å². The molecule has 2 aliphatic heterocycles. The van der Waals surface area contributed by atoms with Crippen LogP contribution in [-0.2, 0) is 9.59 Å². The van der Waals surface area contributed by atoms with Crippen molar-refractivity contribution < 1.29 is 19.8 Å². The Morgan fingerprint density at radius 3 is 2.64 bits per heavy atom. The molecule has 2 atom stereocenters. The van der Waals surface area contributed by atoms with Crippen molar-refractivity contribution in [2.24, 2.45) is 5.92 Å². The van der Waals surface area contributed by atoms with Crippen LogP contribution < -0.4 is 10.6 Å². The summed E-state index contributed by atoms with van der Waals surface area (Å²) in [4.78, 5) is 19.1. The van der Waals surface area contributed by atoms with E-state index in [-0.39, 0.29) is 0 Å². The molecule has 0 aromatic heterocycles. The van der Waals surface area contributed by atoms with Crippen LogP contribution in [0.4, 0.5) is 0 Å². The van der Waals surface area contributed by atoms with Gasteiger partial charge >= 0.3 is 11.9 Å². The van der Waals surface area contributed by atoms with E-state index >= 15 is 0 Å². The lowest BCUT2D eigenvalue weighted by molar-refractivity contribution is -0.134. The van der Waals surface area contributed by atoms with Crippen molar-refractivity contribution in [2.75, 3.05) is 6.54 Å². The molecule has 4 N–H and O–H groups in total. The number of allylic oxidation sites excluding steroid dienone is 3. The maximum Gasteiger partial charge on any atom is 0.328 e. The van der Waals surface area contributed by atoms with Crippen molar-refractivity contribution in [3.8, 4) is 0 Å². The summed E-state index contributed by atoms with van der Waals surface area (Å²) in [5, 5.41) is 22.6. The van der Waals surface area contributed by atoms with Crippen molar-refractivity contribution in [3.05, 3.63) is 58.5 Å². The summed E-state index contributed by atoms with van der Waals surface area (Å²) in [6.07, 6.45) is 11.6. The lowest BCUT2D eigenvalue weighted by atomic mass is 9.72. The van der Waals surface area contributed by atoms with E-state index in [1.807, 2.05) is 0 Å². The molecule has 0 bridgehead atoms. The van der Waals surface area contributed by atoms with Gasteiger partial charge in [-0.15, -0.1) is 0 Å². The van der Waals surface area contributed by atoms with Crippen LogP contribution in [0, 0.1) is 5.92 Å². The standard InChI is InChI=1S/C15H18N2.C4H4O4/c1-9-13-7-10-8-17-14-4-2-3-12(15(10)14)11(13)5-6-16-9;5-3(6)1-2-4(7)8/h4-6,9,13,16-17H,2-3,7-8H2,1H3;1-2H,(H,5,6)(H,7,8)/b;2-1-. The Labute approximate surface area is 146 Å². The Balaban J connectivity index is 0.000000197. The number of rotatable bonds is 2. The van der Waals surface area contributed by atoms with Gasteiger partial charge in [-0.05, 0) is 55.2 Å². The predicted molar refractivity (Wildman–Crippen MR) is 93.6 cm³/mol. The van der Waals surface area contributed by atoms with Crippen molar-refractivity contribution in [3.63, 3.8) is 0 Å². The molecule has 0 saturated heterocycles. The number of aliphatic carboxylic acids is 2. The highest BCUT2D eigenvalue weighted by atomic mass is 16.4. The second-order valence-corrected chi connectivity index (χ2v) is 6.53. The van der Waals surface area contributed by atoms with Crippen LogP contribution >= 0.6 is 0 Å². The third kappa shape index (κ3) is 3.52. The first-order valence-electron chi connectivity index (χ1n) is 8.43. The summed E-state index contributed by atoms with van der Waals surface area (Å²) in [6, 6.07) is 0.575. The van der Waals surface area contributed by atoms with Gasteiger partial charge in [0.2, 0.25) is 0 Å². The molecule has 2 aliphatic carbocycles. The Morgan fingerprint density at radius 2 is 1.96 bits per heavy atom. The smallest absolute Gasteiger partial charge is 0.328 e. The minimum Gasteiger partial charge on any atom is -0.478 e. The minimum absolute atomic E-state index is 0.558. The molecular weight excluding hydrogens is 320 g/mol. The van der Waals surface area contributed by atoms with E-state index in [0.29, 0.717) is 24.1 Å². The highest BCUT2D eigenvalue weighted by Gasteiger charge is 2.36. The fraction of sp³-hybridized carbons (Fsp3) is 0.368. The van der Waals surface area contributed by atoms with Gasteiger partial charge in [0, 0.05) is 41.9 Å². The molecule has 25 heavy (non-hydrogen) atoms. The molecule has 0 aromatic rings. The first-order chi connectivity index (χ1) is 12.0. The van der Waals surface area contributed by atoms with Gasteiger partial charge in [0.25, 0.3) is 0 Å². The normalized spacial score (nSPS) is 26.0. The largest absolute Gasteiger partial charge is 0.478 e. The Morgan fingerprint density at radius 1 is 1.24 bits per heavy atom. The zero-order valence-electron chi connectivity index (χ0n) is 14.1. The first kappa shape index (κ1) is 17.1. The van der Waals surface area contributed by atoms with Crippen LogP contribution in [0.15, 0.2) is 58.5 Å². The molecule has 6 heteroatoms. The van der Waals surface area contributed by atoms with Crippen LogP contribution in [0.1, 0.15) is 26.2 Å². The molecule has 2 unspecified atom stereocenters. The van der Waals surface area contributed by atoms with Gasteiger partial charge in [0.05, 0.1) is 0 Å². The summed E-state index contributed by atoms with van der Waals surface area (Å²) >= 11 is 0. The fourth-order valence-electron chi connectivity index (χ4n) is 3.89. The van der Waals surface area contributed by atoms with Crippen molar-refractivity contribution in [1.82, 2.24) is 10.6 Å². The predicted octanol–water partition coefficient (Wildman–Crippen LogP) is 2.10. The molecular formula is C19H22N2O4. The fourth-order valence-corrected chi connectivity index (χ4v) is 3.89. The summed E-state index contributed by atoms with van der Waals surface area (Å²) in [7, 11) is 0. The van der Waals surface area contributed by atoms with Gasteiger partial charge < -0.3 is 20.8 Å². The number of carboxylic acid groups (broad SMARTS) is 2. The molecule has 0 aromatic carbocycles. The van der Waals surface area contributed by atoms with Crippen molar-refractivity contribution in [2.45, 2.75) is 32.2 Å².